The second kappa shape index (κ2) is 4.11. The molecule has 1 heterocycles. The number of H-pyrrole nitrogens is 1. The highest BCUT2D eigenvalue weighted by atomic mass is 19.1. The Bertz CT molecular complexity index is 339. The maximum atomic E-state index is 12.4. The van der Waals surface area contributed by atoms with Gasteiger partial charge in [-0.25, -0.2) is 4.98 Å². The first-order valence-corrected chi connectivity index (χ1v) is 3.81. The van der Waals surface area contributed by atoms with Crippen LogP contribution >= 0.6 is 0 Å². The molecule has 1 unspecified atom stereocenters. The van der Waals surface area contributed by atoms with Gasteiger partial charge in [0.25, 0.3) is 5.56 Å². The van der Waals surface area contributed by atoms with Crippen LogP contribution in [-0.4, -0.2) is 21.6 Å². The van der Waals surface area contributed by atoms with E-state index in [0.717, 1.165) is 6.20 Å². The fourth-order valence-corrected chi connectivity index (χ4v) is 0.822. The van der Waals surface area contributed by atoms with Crippen LogP contribution in [0.5, 0.6) is 0 Å². The van der Waals surface area contributed by atoms with Crippen molar-refractivity contribution in [2.45, 2.75) is 13.2 Å². The van der Waals surface area contributed by atoms with Crippen molar-refractivity contribution in [3.05, 3.63) is 28.2 Å². The van der Waals surface area contributed by atoms with E-state index in [1.807, 2.05) is 0 Å². The van der Waals surface area contributed by atoms with Gasteiger partial charge in [0, 0.05) is 0 Å². The summed E-state index contributed by atoms with van der Waals surface area (Å²) >= 11 is 0. The molecule has 1 aromatic rings. The average Bonchev–Trinajstić information content (AvgIpc) is 2.10. The molecule has 6 heteroatoms. The summed E-state index contributed by atoms with van der Waals surface area (Å²) in [7, 11) is 0. The van der Waals surface area contributed by atoms with Crippen LogP contribution in [0, 0.1) is 5.82 Å². The minimum Gasteiger partial charge on any atom is -0.371 e. The molecule has 0 amide bonds. The van der Waals surface area contributed by atoms with E-state index < -0.39 is 17.6 Å². The molecule has 0 aromatic carbocycles. The molecule has 1 rings (SSSR count). The Morgan fingerprint density at radius 2 is 2.54 bits per heavy atom. The third-order valence-corrected chi connectivity index (χ3v) is 1.43. The van der Waals surface area contributed by atoms with Crippen molar-refractivity contribution in [2.75, 3.05) is 6.54 Å². The molecule has 0 spiro atoms. The molecule has 5 nitrogen and oxygen atoms in total. The van der Waals surface area contributed by atoms with Gasteiger partial charge in [0.1, 0.15) is 0 Å². The lowest BCUT2D eigenvalue weighted by Crippen LogP contribution is -2.25. The van der Waals surface area contributed by atoms with Crippen LogP contribution in [0.25, 0.3) is 0 Å². The van der Waals surface area contributed by atoms with Gasteiger partial charge in [-0.05, 0) is 6.54 Å². The molecule has 0 fully saturated rings. The topological polar surface area (TPSA) is 78.0 Å². The maximum absolute atomic E-state index is 12.4. The average molecular weight is 187 g/mol. The fraction of sp³-hybridized carbons (Fsp3) is 0.429. The van der Waals surface area contributed by atoms with Crippen LogP contribution in [0.4, 0.5) is 4.39 Å². The molecule has 1 aromatic heterocycles. The minimum atomic E-state index is -1.07. The van der Waals surface area contributed by atoms with Crippen molar-refractivity contribution in [3.8, 4) is 0 Å². The Balaban J connectivity index is 2.90. The van der Waals surface area contributed by atoms with Gasteiger partial charge >= 0.3 is 0 Å². The SMILES string of the molecule is CCNC(O)c1ncc(F)c(=O)[nH]1. The first-order valence-electron chi connectivity index (χ1n) is 3.81. The molecule has 13 heavy (non-hydrogen) atoms. The number of hydrogen-bond acceptors (Lipinski definition) is 4. The van der Waals surface area contributed by atoms with Crippen LogP contribution in [0.15, 0.2) is 11.0 Å². The van der Waals surface area contributed by atoms with E-state index in [1.165, 1.54) is 0 Å². The Kier molecular flexibility index (Phi) is 3.10. The van der Waals surface area contributed by atoms with Crippen LogP contribution in [0.1, 0.15) is 19.0 Å². The second-order valence-corrected chi connectivity index (χ2v) is 2.41. The van der Waals surface area contributed by atoms with Gasteiger partial charge in [-0.2, -0.15) is 4.39 Å². The van der Waals surface area contributed by atoms with E-state index in [2.05, 4.69) is 15.3 Å². The second-order valence-electron chi connectivity index (χ2n) is 2.41. The summed E-state index contributed by atoms with van der Waals surface area (Å²) in [5, 5.41) is 11.9. The molecule has 0 aliphatic carbocycles. The van der Waals surface area contributed by atoms with Gasteiger partial charge < -0.3 is 10.1 Å². The highest BCUT2D eigenvalue weighted by Gasteiger charge is 2.09. The van der Waals surface area contributed by atoms with Crippen molar-refractivity contribution in [1.29, 1.82) is 0 Å². The number of nitrogens with zero attached hydrogens (tertiary/aromatic N) is 1. The maximum Gasteiger partial charge on any atom is 0.287 e. The number of halogens is 1. The number of aromatic amines is 1. The molecule has 0 saturated carbocycles. The molecule has 3 N–H and O–H groups in total. The zero-order valence-electron chi connectivity index (χ0n) is 7.04. The Morgan fingerprint density at radius 3 is 3.08 bits per heavy atom. The van der Waals surface area contributed by atoms with E-state index in [1.54, 1.807) is 6.92 Å². The Morgan fingerprint density at radius 1 is 1.85 bits per heavy atom. The van der Waals surface area contributed by atoms with Crippen LogP contribution in [0.3, 0.4) is 0 Å². The third-order valence-electron chi connectivity index (χ3n) is 1.43. The van der Waals surface area contributed by atoms with Gasteiger partial charge in [0.15, 0.2) is 12.1 Å². The predicted molar refractivity (Wildman–Crippen MR) is 43.5 cm³/mol. The first kappa shape index (κ1) is 9.82. The molecular weight excluding hydrogens is 177 g/mol. The number of hydrogen-bond donors (Lipinski definition) is 3. The van der Waals surface area contributed by atoms with Gasteiger partial charge in [0.05, 0.1) is 6.20 Å². The van der Waals surface area contributed by atoms with E-state index in [4.69, 9.17) is 0 Å². The van der Waals surface area contributed by atoms with Crippen molar-refractivity contribution in [3.63, 3.8) is 0 Å². The smallest absolute Gasteiger partial charge is 0.287 e. The monoisotopic (exact) mass is 187 g/mol. The highest BCUT2D eigenvalue weighted by molar-refractivity contribution is 4.94. The zero-order chi connectivity index (χ0) is 9.84. The summed E-state index contributed by atoms with van der Waals surface area (Å²) in [5.41, 5.74) is -0.887. The first-order chi connectivity index (χ1) is 6.15. The number of rotatable bonds is 3. The number of aliphatic hydroxyl groups is 1. The lowest BCUT2D eigenvalue weighted by Gasteiger charge is -2.08. The summed E-state index contributed by atoms with van der Waals surface area (Å²) in [5.74, 6) is -0.958. The molecule has 1 atom stereocenters. The largest absolute Gasteiger partial charge is 0.371 e. The quantitative estimate of drug-likeness (QED) is 0.558. The number of aromatic nitrogens is 2. The Hall–Kier alpha value is -1.27. The molecule has 0 radical (unpaired) electrons. The van der Waals surface area contributed by atoms with Gasteiger partial charge in [0.2, 0.25) is 5.82 Å². The predicted octanol–water partition coefficient (Wildman–Crippen LogP) is -0.491. The van der Waals surface area contributed by atoms with E-state index >= 15 is 0 Å². The van der Waals surface area contributed by atoms with E-state index in [-0.39, 0.29) is 5.82 Å². The van der Waals surface area contributed by atoms with Crippen molar-refractivity contribution < 1.29 is 9.50 Å². The van der Waals surface area contributed by atoms with Crippen LogP contribution in [-0.2, 0) is 0 Å². The zero-order valence-corrected chi connectivity index (χ0v) is 7.04. The molecule has 0 aliphatic rings. The van der Waals surface area contributed by atoms with Crippen molar-refractivity contribution in [1.82, 2.24) is 15.3 Å². The van der Waals surface area contributed by atoms with Gasteiger partial charge in [-0.15, -0.1) is 0 Å². The Labute approximate surface area is 73.6 Å². The normalized spacial score (nSPS) is 12.8. The summed E-state index contributed by atoms with van der Waals surface area (Å²) in [6.45, 7) is 2.30. The van der Waals surface area contributed by atoms with Crippen molar-refractivity contribution >= 4 is 0 Å². The third kappa shape index (κ3) is 2.33. The van der Waals surface area contributed by atoms with Crippen molar-refractivity contribution in [2.24, 2.45) is 0 Å². The summed E-state index contributed by atoms with van der Waals surface area (Å²) in [4.78, 5) is 16.4. The minimum absolute atomic E-state index is 0.00764. The summed E-state index contributed by atoms with van der Waals surface area (Å²) < 4.78 is 12.4. The molecule has 0 bridgehead atoms. The standard InChI is InChI=1S/C7H10FN3O2/c1-2-9-7(13)5-10-3-4(8)6(12)11-5/h3,7,9,13H,2H2,1H3,(H,10,11,12). The summed E-state index contributed by atoms with van der Waals surface area (Å²) in [6, 6.07) is 0. The van der Waals surface area contributed by atoms with E-state index in [0.29, 0.717) is 6.54 Å². The lowest BCUT2D eigenvalue weighted by molar-refractivity contribution is 0.131. The molecule has 72 valence electrons. The molecular formula is C7H10FN3O2. The molecule has 0 saturated heterocycles. The van der Waals surface area contributed by atoms with Gasteiger partial charge in [-0.3, -0.25) is 10.1 Å². The number of aliphatic hydroxyl groups excluding tert-OH is 1. The molecule has 0 aliphatic heterocycles. The fourth-order valence-electron chi connectivity index (χ4n) is 0.822. The van der Waals surface area contributed by atoms with Crippen LogP contribution < -0.4 is 10.9 Å². The number of nitrogens with one attached hydrogen (secondary N) is 2. The van der Waals surface area contributed by atoms with Crippen LogP contribution in [0.2, 0.25) is 0 Å². The lowest BCUT2D eigenvalue weighted by atomic mass is 10.4. The van der Waals surface area contributed by atoms with Gasteiger partial charge in [-0.1, -0.05) is 6.92 Å². The van der Waals surface area contributed by atoms with E-state index in [9.17, 15) is 14.3 Å². The summed E-state index contributed by atoms with van der Waals surface area (Å²) in [6.07, 6.45) is -0.298. The highest BCUT2D eigenvalue weighted by Crippen LogP contribution is 1.99.